The molecule has 0 amide bonds. The van der Waals surface area contributed by atoms with Crippen molar-refractivity contribution in [3.05, 3.63) is 24.2 Å². The molecule has 0 aliphatic rings. The molecule has 0 saturated heterocycles. The largest absolute Gasteiger partial charge is 0 e. The zero-order valence-corrected chi connectivity index (χ0v) is 7.67. The van der Waals surface area contributed by atoms with Gasteiger partial charge in [0.1, 0.15) is 0 Å². The summed E-state index contributed by atoms with van der Waals surface area (Å²) in [4.78, 5) is 9.97. The van der Waals surface area contributed by atoms with E-state index < -0.39 is 5.97 Å². The number of furan rings is 1. The Kier molecular flexibility index (Phi) is 8.41. The molecule has 3 nitrogen and oxygen atoms in total. The molecular weight excluding hydrogens is 214 g/mol. The van der Waals surface area contributed by atoms with Crippen molar-refractivity contribution in [3.8, 4) is 0 Å². The van der Waals surface area contributed by atoms with Crippen molar-refractivity contribution in [2.45, 2.75) is 0 Å². The first-order chi connectivity index (χ1) is 3.80. The summed E-state index contributed by atoms with van der Waals surface area (Å²) in [7, 11) is 0. The van der Waals surface area contributed by atoms with Crippen molar-refractivity contribution in [3.63, 3.8) is 0 Å². The minimum atomic E-state index is -1.03. The fourth-order valence-electron chi connectivity index (χ4n) is 0.400. The smallest absolute Gasteiger partial charge is 0 e. The van der Waals surface area contributed by atoms with Crippen molar-refractivity contribution in [2.24, 2.45) is 0 Å². The standard InChI is InChI=1S/C5H4O3.Ca.Zn.2H/c6-5(7)4-2-1-3-8-4;;;;/h1-3H,(H,6,7);;;;. The number of carboxylic acid groups (broad SMARTS) is 1. The van der Waals surface area contributed by atoms with Crippen LogP contribution in [-0.4, -0.2) is 48.8 Å². The van der Waals surface area contributed by atoms with Gasteiger partial charge in [0.2, 0.25) is 5.76 Å². The normalized spacial score (nSPS) is 7.20. The Morgan fingerprint density at radius 3 is 2.40 bits per heavy atom. The van der Waals surface area contributed by atoms with E-state index in [1.807, 2.05) is 0 Å². The molecule has 1 aromatic rings. The van der Waals surface area contributed by atoms with Crippen LogP contribution in [0.3, 0.4) is 0 Å². The van der Waals surface area contributed by atoms with Gasteiger partial charge in [-0.3, -0.25) is 0 Å². The van der Waals surface area contributed by atoms with Crippen molar-refractivity contribution in [1.82, 2.24) is 0 Å². The van der Waals surface area contributed by atoms with E-state index in [-0.39, 0.29) is 63.0 Å². The van der Waals surface area contributed by atoms with Crippen molar-refractivity contribution >= 4 is 43.7 Å². The van der Waals surface area contributed by atoms with E-state index in [0.29, 0.717) is 0 Å². The predicted molar refractivity (Wildman–Crippen MR) is 34.2 cm³/mol. The predicted octanol–water partition coefficient (Wildman–Crippen LogP) is 0.0591. The maximum absolute atomic E-state index is 9.97. The van der Waals surface area contributed by atoms with Gasteiger partial charge >= 0.3 is 43.7 Å². The molecule has 1 heterocycles. The monoisotopic (exact) mass is 218 g/mol. The number of carboxylic acids is 1. The summed E-state index contributed by atoms with van der Waals surface area (Å²) in [6.45, 7) is 0. The van der Waals surface area contributed by atoms with E-state index in [9.17, 15) is 4.79 Å². The molecule has 5 heteroatoms. The van der Waals surface area contributed by atoms with E-state index in [1.165, 1.54) is 18.4 Å². The van der Waals surface area contributed by atoms with Gasteiger partial charge in [0.15, 0.2) is 0 Å². The summed E-state index contributed by atoms with van der Waals surface area (Å²) in [6.07, 6.45) is 1.32. The third-order valence-electron chi connectivity index (χ3n) is 0.732. The molecule has 10 heavy (non-hydrogen) atoms. The van der Waals surface area contributed by atoms with Crippen LogP contribution in [0.4, 0.5) is 0 Å². The van der Waals surface area contributed by atoms with E-state index in [2.05, 4.69) is 4.42 Å². The topological polar surface area (TPSA) is 50.4 Å². The number of carbonyl (C=O) groups is 1. The molecule has 0 unspecified atom stereocenters. The minimum Gasteiger partial charge on any atom is 0 e. The maximum atomic E-state index is 9.97. The van der Waals surface area contributed by atoms with E-state index >= 15 is 0 Å². The number of hydrogen-bond acceptors (Lipinski definition) is 2. The fraction of sp³-hybridized carbons (Fsp3) is 0. The molecule has 0 saturated carbocycles. The van der Waals surface area contributed by atoms with Gasteiger partial charge in [-0.1, -0.05) is 0 Å². The Labute approximate surface area is 101 Å². The Morgan fingerprint density at radius 2 is 2.20 bits per heavy atom. The van der Waals surface area contributed by atoms with Gasteiger partial charge in [-0.2, -0.15) is 0 Å². The first-order valence-corrected chi connectivity index (χ1v) is 2.07. The quantitative estimate of drug-likeness (QED) is 0.680. The molecule has 0 fully saturated rings. The maximum Gasteiger partial charge on any atom is 0 e. The molecule has 0 aromatic carbocycles. The third kappa shape index (κ3) is 3.72. The first kappa shape index (κ1) is 13.2. The van der Waals surface area contributed by atoms with Crippen LogP contribution in [0.1, 0.15) is 10.6 Å². The average molecular weight is 220 g/mol. The van der Waals surface area contributed by atoms with Crippen LogP contribution in [0, 0.1) is 0 Å². The molecule has 0 radical (unpaired) electrons. The van der Waals surface area contributed by atoms with Gasteiger partial charge in [-0.05, 0) is 12.1 Å². The van der Waals surface area contributed by atoms with Gasteiger partial charge < -0.3 is 9.52 Å². The van der Waals surface area contributed by atoms with Crippen molar-refractivity contribution in [1.29, 1.82) is 0 Å². The summed E-state index contributed by atoms with van der Waals surface area (Å²) < 4.78 is 4.50. The molecule has 0 aliphatic carbocycles. The Morgan fingerprint density at radius 1 is 1.60 bits per heavy atom. The van der Waals surface area contributed by atoms with Crippen molar-refractivity contribution < 1.29 is 33.8 Å². The first-order valence-electron chi connectivity index (χ1n) is 2.07. The molecule has 48 valence electrons. The van der Waals surface area contributed by atoms with Gasteiger partial charge in [-0.25, -0.2) is 4.79 Å². The summed E-state index contributed by atoms with van der Waals surface area (Å²) >= 11 is 0. The van der Waals surface area contributed by atoms with E-state index in [0.717, 1.165) is 0 Å². The Hall–Kier alpha value is 0.633. The number of hydrogen-bond donors (Lipinski definition) is 1. The zero-order valence-electron chi connectivity index (χ0n) is 4.70. The summed E-state index contributed by atoms with van der Waals surface area (Å²) in [5.41, 5.74) is 0. The fourth-order valence-corrected chi connectivity index (χ4v) is 0.400. The van der Waals surface area contributed by atoms with Crippen LogP contribution < -0.4 is 0 Å². The third-order valence-corrected chi connectivity index (χ3v) is 0.732. The molecule has 0 bridgehead atoms. The molecule has 0 aliphatic heterocycles. The van der Waals surface area contributed by atoms with Gasteiger partial charge in [0.25, 0.3) is 0 Å². The minimum absolute atomic E-state index is 0. The molecule has 0 spiro atoms. The molecule has 1 N–H and O–H groups in total. The van der Waals surface area contributed by atoms with Crippen molar-refractivity contribution in [2.75, 3.05) is 0 Å². The van der Waals surface area contributed by atoms with E-state index in [4.69, 9.17) is 5.11 Å². The number of rotatable bonds is 1. The van der Waals surface area contributed by atoms with Gasteiger partial charge in [0.05, 0.1) is 6.26 Å². The van der Waals surface area contributed by atoms with Gasteiger partial charge in [-0.15, -0.1) is 0 Å². The van der Waals surface area contributed by atoms with Crippen LogP contribution in [-0.2, 0) is 19.5 Å². The molecule has 0 atom stereocenters. The van der Waals surface area contributed by atoms with Crippen LogP contribution in [0.5, 0.6) is 0 Å². The molecule has 1 aromatic heterocycles. The molecule has 1 rings (SSSR count). The number of aromatic carboxylic acids is 1. The van der Waals surface area contributed by atoms with Crippen LogP contribution in [0.2, 0.25) is 0 Å². The summed E-state index contributed by atoms with van der Waals surface area (Å²) in [5.74, 6) is -1.06. The average Bonchev–Trinajstić information content (AvgIpc) is 2.12. The van der Waals surface area contributed by atoms with Gasteiger partial charge in [0, 0.05) is 19.5 Å². The zero-order chi connectivity index (χ0) is 5.98. The SMILES string of the molecule is O=C(O)c1ccco1.[CaH2].[Zn]. The van der Waals surface area contributed by atoms with Crippen LogP contribution in [0.15, 0.2) is 22.8 Å². The summed E-state index contributed by atoms with van der Waals surface area (Å²) in [5, 5.41) is 8.18. The molecular formula is C5H6CaO3Zn. The second-order valence-electron chi connectivity index (χ2n) is 1.28. The Bertz CT molecular complexity index is 185. The van der Waals surface area contributed by atoms with E-state index in [1.54, 1.807) is 0 Å². The Balaban J connectivity index is 0. The second kappa shape index (κ2) is 6.35. The second-order valence-corrected chi connectivity index (χ2v) is 1.28. The summed E-state index contributed by atoms with van der Waals surface area (Å²) in [6, 6.07) is 2.92. The van der Waals surface area contributed by atoms with Crippen LogP contribution in [0.25, 0.3) is 0 Å². The van der Waals surface area contributed by atoms with Crippen LogP contribution >= 0.6 is 0 Å².